The van der Waals surface area contributed by atoms with Gasteiger partial charge >= 0.3 is 0 Å². The van der Waals surface area contributed by atoms with Crippen molar-refractivity contribution in [3.63, 3.8) is 0 Å². The van der Waals surface area contributed by atoms with Gasteiger partial charge in [-0.3, -0.25) is 9.97 Å². The van der Waals surface area contributed by atoms with Gasteiger partial charge in [-0.2, -0.15) is 0 Å². The summed E-state index contributed by atoms with van der Waals surface area (Å²) in [5, 5.41) is 0. The predicted octanol–water partition coefficient (Wildman–Crippen LogP) is 16.1. The highest BCUT2D eigenvalue weighted by atomic mass is 15.1. The van der Waals surface area contributed by atoms with Crippen LogP contribution in [0.5, 0.6) is 0 Å². The normalized spacial score (nSPS) is 10.7. The number of hydrogen-bond acceptors (Lipinski definition) is 4. The van der Waals surface area contributed by atoms with Crippen LogP contribution in [0, 0.1) is 23.7 Å². The third-order valence-electron chi connectivity index (χ3n) is 11.2. The minimum absolute atomic E-state index is 0.812. The Morgan fingerprint density at radius 1 is 0.393 bits per heavy atom. The third-order valence-corrected chi connectivity index (χ3v) is 11.2. The minimum atomic E-state index is 0.812. The number of pyridine rings is 3. The summed E-state index contributed by atoms with van der Waals surface area (Å²) in [5.41, 5.74) is 10.7. The number of anilines is 3. The Labute approximate surface area is 367 Å². The van der Waals surface area contributed by atoms with Crippen LogP contribution in [0.3, 0.4) is 0 Å². The van der Waals surface area contributed by atoms with E-state index in [9.17, 15) is 0 Å². The van der Waals surface area contributed by atoms with Crippen LogP contribution in [0.1, 0.15) is 141 Å². The molecule has 312 valence electrons. The Bertz CT molecular complexity index is 2140. The number of nitrogens with zero attached hydrogens (tertiary/aromatic N) is 4. The fourth-order valence-electron chi connectivity index (χ4n) is 7.65. The first-order valence-electron chi connectivity index (χ1n) is 23.1. The monoisotopic (exact) mass is 805 g/mol. The second-order valence-corrected chi connectivity index (χ2v) is 16.1. The van der Waals surface area contributed by atoms with Crippen LogP contribution in [-0.2, 0) is 0 Å². The second-order valence-electron chi connectivity index (χ2n) is 16.1. The van der Waals surface area contributed by atoms with Crippen LogP contribution in [0.4, 0.5) is 17.1 Å². The molecule has 4 heteroatoms. The second kappa shape index (κ2) is 25.6. The molecule has 0 saturated carbocycles. The van der Waals surface area contributed by atoms with Crippen molar-refractivity contribution in [1.82, 2.24) is 15.0 Å². The number of benzene rings is 3. The summed E-state index contributed by atoms with van der Waals surface area (Å²) in [6, 6.07) is 42.2. The molecule has 0 radical (unpaired) electrons. The fourth-order valence-corrected chi connectivity index (χ4v) is 7.65. The van der Waals surface area contributed by atoms with Gasteiger partial charge in [-0.15, -0.1) is 0 Å². The lowest BCUT2D eigenvalue weighted by molar-refractivity contribution is 0.579. The molecule has 0 N–H and O–H groups in total. The summed E-state index contributed by atoms with van der Waals surface area (Å²) in [7, 11) is 0. The highest BCUT2D eigenvalue weighted by Gasteiger charge is 2.15. The molecule has 0 atom stereocenters. The highest BCUT2D eigenvalue weighted by molar-refractivity contribution is 5.80. The Kier molecular flexibility index (Phi) is 18.7. The Balaban J connectivity index is 1.19. The molecule has 0 saturated heterocycles. The van der Waals surface area contributed by atoms with E-state index in [4.69, 9.17) is 4.98 Å². The van der Waals surface area contributed by atoms with Gasteiger partial charge in [0, 0.05) is 53.4 Å². The molecule has 6 aromatic rings. The molecule has 0 unspecified atom stereocenters. The maximum Gasteiger partial charge on any atom is 0.0900 e. The molecular weight excluding hydrogens is 741 g/mol. The van der Waals surface area contributed by atoms with Crippen molar-refractivity contribution in [1.29, 1.82) is 0 Å². The molecule has 0 amide bonds. The molecule has 3 aromatic heterocycles. The lowest BCUT2D eigenvalue weighted by Gasteiger charge is -2.26. The number of unbranched alkanes of at least 4 members (excludes halogenated alkanes) is 16. The zero-order chi connectivity index (χ0) is 42.2. The van der Waals surface area contributed by atoms with Crippen LogP contribution in [-0.4, -0.2) is 15.0 Å². The third kappa shape index (κ3) is 14.6. The van der Waals surface area contributed by atoms with Crippen molar-refractivity contribution >= 4 is 17.1 Å². The van der Waals surface area contributed by atoms with Crippen molar-refractivity contribution < 1.29 is 0 Å². The quantitative estimate of drug-likeness (QED) is 0.0506. The van der Waals surface area contributed by atoms with E-state index in [-0.39, 0.29) is 0 Å². The van der Waals surface area contributed by atoms with E-state index in [2.05, 4.69) is 137 Å². The molecule has 3 heterocycles. The molecule has 0 spiro atoms. The Hall–Kier alpha value is -5.97. The number of hydrogen-bond donors (Lipinski definition) is 0. The van der Waals surface area contributed by atoms with Crippen molar-refractivity contribution in [2.24, 2.45) is 0 Å². The first-order valence-corrected chi connectivity index (χ1v) is 23.1. The van der Waals surface area contributed by atoms with Crippen molar-refractivity contribution in [2.75, 3.05) is 4.90 Å². The van der Waals surface area contributed by atoms with Gasteiger partial charge in [-0.1, -0.05) is 152 Å². The fraction of sp³-hybridized carbons (Fsp3) is 0.351. The molecule has 0 fully saturated rings. The first-order chi connectivity index (χ1) is 30.2. The summed E-state index contributed by atoms with van der Waals surface area (Å²) < 4.78 is 0. The van der Waals surface area contributed by atoms with E-state index >= 15 is 0 Å². The molecule has 6 rings (SSSR count). The maximum atomic E-state index is 4.98. The summed E-state index contributed by atoms with van der Waals surface area (Å²) in [6.45, 7) is 4.55. The summed E-state index contributed by atoms with van der Waals surface area (Å²) in [5.74, 6) is 13.7. The van der Waals surface area contributed by atoms with Gasteiger partial charge in [0.1, 0.15) is 0 Å². The van der Waals surface area contributed by atoms with E-state index in [0.29, 0.717) is 0 Å². The SMILES string of the molecule is CCCCCCCCCCC#Cc1ccc(N(c2ccc(C#CCCCCCCCCCC)cc2)c2ccc(-c3cc(-c4ccccn4)nc(-c4ccccn4)c3)cc2)cc1. The van der Waals surface area contributed by atoms with Gasteiger partial charge in [0.25, 0.3) is 0 Å². The van der Waals surface area contributed by atoms with Gasteiger partial charge in [0.15, 0.2) is 0 Å². The zero-order valence-electron chi connectivity index (χ0n) is 36.7. The van der Waals surface area contributed by atoms with E-state index in [1.807, 2.05) is 48.8 Å². The lowest BCUT2D eigenvalue weighted by atomic mass is 10.0. The first kappa shape index (κ1) is 44.6. The minimum Gasteiger partial charge on any atom is -0.311 e. The predicted molar refractivity (Wildman–Crippen MR) is 259 cm³/mol. The average Bonchev–Trinajstić information content (AvgIpc) is 3.32. The largest absolute Gasteiger partial charge is 0.311 e. The van der Waals surface area contributed by atoms with E-state index in [0.717, 1.165) is 74.9 Å². The molecule has 0 aliphatic heterocycles. The average molecular weight is 805 g/mol. The molecule has 0 aliphatic carbocycles. The molecule has 61 heavy (non-hydrogen) atoms. The van der Waals surface area contributed by atoms with Gasteiger partial charge in [-0.25, -0.2) is 4.98 Å². The van der Waals surface area contributed by atoms with Crippen molar-refractivity contribution in [3.05, 3.63) is 145 Å². The van der Waals surface area contributed by atoms with Crippen LogP contribution < -0.4 is 4.90 Å². The van der Waals surface area contributed by atoms with Crippen molar-refractivity contribution in [3.8, 4) is 57.6 Å². The van der Waals surface area contributed by atoms with Gasteiger partial charge < -0.3 is 4.90 Å². The van der Waals surface area contributed by atoms with Gasteiger partial charge in [0.2, 0.25) is 0 Å². The van der Waals surface area contributed by atoms with Crippen LogP contribution in [0.15, 0.2) is 134 Å². The summed E-state index contributed by atoms with van der Waals surface area (Å²) >= 11 is 0. The highest BCUT2D eigenvalue weighted by Crippen LogP contribution is 2.37. The summed E-state index contributed by atoms with van der Waals surface area (Å²) in [6.07, 6.45) is 26.6. The van der Waals surface area contributed by atoms with Gasteiger partial charge in [0.05, 0.1) is 22.8 Å². The van der Waals surface area contributed by atoms with E-state index in [1.165, 1.54) is 103 Å². The summed E-state index contributed by atoms with van der Waals surface area (Å²) in [4.78, 5) is 16.5. The maximum absolute atomic E-state index is 4.98. The number of rotatable bonds is 22. The molecule has 4 nitrogen and oxygen atoms in total. The van der Waals surface area contributed by atoms with Crippen LogP contribution >= 0.6 is 0 Å². The topological polar surface area (TPSA) is 41.9 Å². The Morgan fingerprint density at radius 3 is 1.18 bits per heavy atom. The zero-order valence-corrected chi connectivity index (χ0v) is 36.7. The molecule has 3 aromatic carbocycles. The molecule has 0 aliphatic rings. The standard InChI is InChI=1S/C57H64N4/c1-3-5-7-9-11-13-15-17-19-21-27-47-31-37-51(38-32-47)61(52-39-33-48(34-40-52)28-22-20-18-16-14-12-10-8-6-4-2)53-41-35-49(36-42-53)50-45-56(54-29-23-25-43-58-54)60-57(46-50)55-30-24-26-44-59-55/h23-26,29-46H,3-20H2,1-2H3. The van der Waals surface area contributed by atoms with E-state index < -0.39 is 0 Å². The smallest absolute Gasteiger partial charge is 0.0900 e. The molecular formula is C57H64N4. The van der Waals surface area contributed by atoms with Crippen molar-refractivity contribution in [2.45, 2.75) is 129 Å². The van der Waals surface area contributed by atoms with Gasteiger partial charge in [-0.05, 0) is 121 Å². The van der Waals surface area contributed by atoms with E-state index in [1.54, 1.807) is 0 Å². The Morgan fingerprint density at radius 2 is 0.787 bits per heavy atom. The molecule has 0 bridgehead atoms. The number of aromatic nitrogens is 3. The van der Waals surface area contributed by atoms with Crippen LogP contribution in [0.25, 0.3) is 33.9 Å². The van der Waals surface area contributed by atoms with Crippen LogP contribution in [0.2, 0.25) is 0 Å². The lowest BCUT2D eigenvalue weighted by Crippen LogP contribution is -2.09.